The molecule has 1 aliphatic carbocycles. The molecular formula is C14H18ClNO2. The summed E-state index contributed by atoms with van der Waals surface area (Å²) < 4.78 is 0. The highest BCUT2D eigenvalue weighted by Gasteiger charge is 2.27. The van der Waals surface area contributed by atoms with E-state index >= 15 is 0 Å². The Kier molecular flexibility index (Phi) is 4.61. The predicted octanol–water partition coefficient (Wildman–Crippen LogP) is 2.89. The van der Waals surface area contributed by atoms with Gasteiger partial charge in [-0.1, -0.05) is 17.7 Å². The number of carbonyl (C=O) groups excluding carboxylic acids is 1. The van der Waals surface area contributed by atoms with Crippen LogP contribution in [0.1, 0.15) is 36.0 Å². The van der Waals surface area contributed by atoms with Crippen LogP contribution in [0.2, 0.25) is 5.02 Å². The van der Waals surface area contributed by atoms with Crippen LogP contribution in [0.5, 0.6) is 0 Å². The molecule has 0 aliphatic heterocycles. The van der Waals surface area contributed by atoms with Gasteiger partial charge in [0.25, 0.3) is 0 Å². The number of aliphatic hydroxyl groups excluding tert-OH is 1. The normalized spacial score (nSPS) is 15.2. The van der Waals surface area contributed by atoms with E-state index in [1.54, 1.807) is 12.1 Å². The topological polar surface area (TPSA) is 40.5 Å². The van der Waals surface area contributed by atoms with Crippen molar-refractivity contribution in [1.29, 1.82) is 0 Å². The molecule has 0 aromatic heterocycles. The van der Waals surface area contributed by atoms with Gasteiger partial charge in [0, 0.05) is 24.8 Å². The quantitative estimate of drug-likeness (QED) is 0.806. The van der Waals surface area contributed by atoms with Gasteiger partial charge in [0.1, 0.15) is 0 Å². The minimum Gasteiger partial charge on any atom is -0.396 e. The molecule has 1 N–H and O–H groups in total. The first-order valence-electron chi connectivity index (χ1n) is 6.39. The number of carbonyl (C=O) groups is 1. The van der Waals surface area contributed by atoms with E-state index in [9.17, 15) is 4.79 Å². The molecule has 1 saturated carbocycles. The molecule has 18 heavy (non-hydrogen) atoms. The third-order valence-electron chi connectivity index (χ3n) is 3.50. The molecule has 0 saturated heterocycles. The Bertz CT molecular complexity index is 418. The summed E-state index contributed by atoms with van der Waals surface area (Å²) in [6.45, 7) is 0.899. The zero-order chi connectivity index (χ0) is 13.0. The molecule has 0 heterocycles. The van der Waals surface area contributed by atoms with E-state index in [2.05, 4.69) is 4.90 Å². The Morgan fingerprint density at radius 1 is 1.44 bits per heavy atom. The lowest BCUT2D eigenvalue weighted by Crippen LogP contribution is -2.41. The first-order valence-corrected chi connectivity index (χ1v) is 6.77. The number of nitrogens with zero attached hydrogens (tertiary/aromatic N) is 1. The SMILES string of the molecule is O=Cc1cccc(Cl)c1N(CCCO)C1CCC1. The number of hydrogen-bond acceptors (Lipinski definition) is 3. The van der Waals surface area contributed by atoms with Gasteiger partial charge >= 0.3 is 0 Å². The average molecular weight is 268 g/mol. The molecular weight excluding hydrogens is 250 g/mol. The zero-order valence-electron chi connectivity index (χ0n) is 10.3. The van der Waals surface area contributed by atoms with E-state index in [1.807, 2.05) is 6.07 Å². The first-order chi connectivity index (χ1) is 8.77. The molecule has 0 unspecified atom stereocenters. The molecule has 1 aliphatic rings. The van der Waals surface area contributed by atoms with Crippen LogP contribution >= 0.6 is 11.6 Å². The van der Waals surface area contributed by atoms with Gasteiger partial charge < -0.3 is 10.0 Å². The lowest BCUT2D eigenvalue weighted by atomic mass is 9.90. The molecule has 1 aromatic carbocycles. The van der Waals surface area contributed by atoms with E-state index in [1.165, 1.54) is 6.42 Å². The van der Waals surface area contributed by atoms with Crippen LogP contribution < -0.4 is 4.90 Å². The molecule has 4 heteroatoms. The maximum Gasteiger partial charge on any atom is 0.152 e. The Hall–Kier alpha value is -1.06. The van der Waals surface area contributed by atoms with Gasteiger partial charge in [-0.15, -0.1) is 0 Å². The highest BCUT2D eigenvalue weighted by Crippen LogP contribution is 2.36. The van der Waals surface area contributed by atoms with E-state index in [-0.39, 0.29) is 6.61 Å². The summed E-state index contributed by atoms with van der Waals surface area (Å²) in [4.78, 5) is 13.3. The molecule has 1 aromatic rings. The van der Waals surface area contributed by atoms with Gasteiger partial charge in [-0.3, -0.25) is 4.79 Å². The second-order valence-corrected chi connectivity index (χ2v) is 5.06. The number of halogens is 1. The van der Waals surface area contributed by atoms with E-state index in [4.69, 9.17) is 16.7 Å². The highest BCUT2D eigenvalue weighted by molar-refractivity contribution is 6.34. The molecule has 0 amide bonds. The number of hydrogen-bond donors (Lipinski definition) is 1. The Morgan fingerprint density at radius 3 is 2.78 bits per heavy atom. The molecule has 0 atom stereocenters. The van der Waals surface area contributed by atoms with Gasteiger partial charge in [0.05, 0.1) is 10.7 Å². The molecule has 98 valence electrons. The van der Waals surface area contributed by atoms with Gasteiger partial charge in [-0.05, 0) is 37.8 Å². The van der Waals surface area contributed by atoms with Crippen molar-refractivity contribution < 1.29 is 9.90 Å². The predicted molar refractivity (Wildman–Crippen MR) is 73.5 cm³/mol. The third kappa shape index (κ3) is 2.68. The van der Waals surface area contributed by atoms with Crippen LogP contribution in [-0.2, 0) is 0 Å². The standard InChI is InChI=1S/C14H18ClNO2/c15-13-7-1-4-11(10-18)14(13)16(8-3-9-17)12-5-2-6-12/h1,4,7,10,12,17H,2-3,5-6,8-9H2. The Labute approximate surface area is 112 Å². The van der Waals surface area contributed by atoms with Crippen LogP contribution in [0, 0.1) is 0 Å². The Balaban J connectivity index is 2.30. The van der Waals surface area contributed by atoms with Crippen LogP contribution in [-0.4, -0.2) is 30.6 Å². The fraction of sp³-hybridized carbons (Fsp3) is 0.500. The highest BCUT2D eigenvalue weighted by atomic mass is 35.5. The van der Waals surface area contributed by atoms with E-state index in [0.717, 1.165) is 31.4 Å². The zero-order valence-corrected chi connectivity index (χ0v) is 11.1. The summed E-state index contributed by atoms with van der Waals surface area (Å²) in [7, 11) is 0. The number of anilines is 1. The largest absolute Gasteiger partial charge is 0.396 e. The van der Waals surface area contributed by atoms with Crippen molar-refractivity contribution in [1.82, 2.24) is 0 Å². The van der Waals surface area contributed by atoms with Gasteiger partial charge in [0.2, 0.25) is 0 Å². The summed E-state index contributed by atoms with van der Waals surface area (Å²) >= 11 is 6.24. The molecule has 2 rings (SSSR count). The van der Waals surface area contributed by atoms with E-state index < -0.39 is 0 Å². The number of rotatable bonds is 6. The first kappa shape index (κ1) is 13.4. The molecule has 0 bridgehead atoms. The van der Waals surface area contributed by atoms with Crippen molar-refractivity contribution in [2.75, 3.05) is 18.1 Å². The lowest BCUT2D eigenvalue weighted by Gasteiger charge is -2.40. The van der Waals surface area contributed by atoms with Crippen molar-refractivity contribution in [2.45, 2.75) is 31.7 Å². The fourth-order valence-electron chi connectivity index (χ4n) is 2.35. The maximum absolute atomic E-state index is 11.2. The van der Waals surface area contributed by atoms with Crippen LogP contribution in [0.4, 0.5) is 5.69 Å². The van der Waals surface area contributed by atoms with Crippen LogP contribution in [0.3, 0.4) is 0 Å². The van der Waals surface area contributed by atoms with Gasteiger partial charge in [0.15, 0.2) is 6.29 Å². The summed E-state index contributed by atoms with van der Waals surface area (Å²) in [6.07, 6.45) is 5.04. The fourth-order valence-corrected chi connectivity index (χ4v) is 2.64. The number of aldehydes is 1. The summed E-state index contributed by atoms with van der Waals surface area (Å²) in [5, 5.41) is 9.62. The monoisotopic (exact) mass is 267 g/mol. The van der Waals surface area contributed by atoms with Crippen molar-refractivity contribution in [3.8, 4) is 0 Å². The van der Waals surface area contributed by atoms with E-state index in [0.29, 0.717) is 23.0 Å². The van der Waals surface area contributed by atoms with Crippen molar-refractivity contribution in [3.63, 3.8) is 0 Å². The maximum atomic E-state index is 11.2. The van der Waals surface area contributed by atoms with Crippen molar-refractivity contribution in [2.24, 2.45) is 0 Å². The smallest absolute Gasteiger partial charge is 0.152 e. The van der Waals surface area contributed by atoms with Crippen LogP contribution in [0.15, 0.2) is 18.2 Å². The van der Waals surface area contributed by atoms with Gasteiger partial charge in [-0.25, -0.2) is 0 Å². The minimum absolute atomic E-state index is 0.157. The van der Waals surface area contributed by atoms with Gasteiger partial charge in [-0.2, -0.15) is 0 Å². The molecule has 3 nitrogen and oxygen atoms in total. The lowest BCUT2D eigenvalue weighted by molar-refractivity contribution is 0.112. The second-order valence-electron chi connectivity index (χ2n) is 4.65. The second kappa shape index (κ2) is 6.21. The molecule has 0 spiro atoms. The summed E-state index contributed by atoms with van der Waals surface area (Å²) in [5.41, 5.74) is 1.46. The number of benzene rings is 1. The summed E-state index contributed by atoms with van der Waals surface area (Å²) in [6, 6.07) is 5.85. The minimum atomic E-state index is 0.157. The average Bonchev–Trinajstić information content (AvgIpc) is 2.32. The van der Waals surface area contributed by atoms with Crippen molar-refractivity contribution >= 4 is 23.6 Å². The van der Waals surface area contributed by atoms with Crippen molar-refractivity contribution in [3.05, 3.63) is 28.8 Å². The molecule has 0 radical (unpaired) electrons. The number of para-hydroxylation sites is 1. The van der Waals surface area contributed by atoms with Crippen LogP contribution in [0.25, 0.3) is 0 Å². The number of aliphatic hydroxyl groups is 1. The third-order valence-corrected chi connectivity index (χ3v) is 3.81. The molecule has 1 fully saturated rings. The Morgan fingerprint density at radius 2 is 2.22 bits per heavy atom. The summed E-state index contributed by atoms with van der Waals surface area (Å²) in [5.74, 6) is 0.